The van der Waals surface area contributed by atoms with Crippen LogP contribution in [0.15, 0.2) is 83.9 Å². The lowest BCUT2D eigenvalue weighted by Gasteiger charge is -2.15. The molecule has 2 aliphatic rings. The van der Waals surface area contributed by atoms with Crippen LogP contribution < -0.4 is 0 Å². The summed E-state index contributed by atoms with van der Waals surface area (Å²) in [6.07, 6.45) is -0.294. The second-order valence-corrected chi connectivity index (χ2v) is 7.10. The van der Waals surface area contributed by atoms with E-state index in [1.807, 2.05) is 54.6 Å². The highest BCUT2D eigenvalue weighted by atomic mass is 35.5. The average Bonchev–Trinajstić information content (AvgIpc) is 3.28. The number of hydrogen-bond donors (Lipinski definition) is 0. The summed E-state index contributed by atoms with van der Waals surface area (Å²) in [7, 11) is 0. The van der Waals surface area contributed by atoms with Crippen molar-refractivity contribution in [3.8, 4) is 0 Å². The topological polar surface area (TPSA) is 15.4 Å². The molecule has 3 aromatic rings. The van der Waals surface area contributed by atoms with Crippen molar-refractivity contribution in [1.29, 1.82) is 0 Å². The van der Waals surface area contributed by atoms with Crippen LogP contribution in [0.5, 0.6) is 0 Å². The first-order valence-electron chi connectivity index (χ1n) is 8.64. The monoisotopic (exact) mass is 362 g/mol. The summed E-state index contributed by atoms with van der Waals surface area (Å²) in [5, 5.41) is 0.720. The Balaban J connectivity index is 1.58. The van der Waals surface area contributed by atoms with Crippen molar-refractivity contribution < 1.29 is 4.39 Å². The molecule has 0 aliphatic carbocycles. The summed E-state index contributed by atoms with van der Waals surface area (Å²) in [6.45, 7) is 0. The van der Waals surface area contributed by atoms with Crippen molar-refractivity contribution in [2.45, 2.75) is 18.2 Å². The fraction of sp³-hybridized carbons (Fsp3) is 0.136. The third-order valence-corrected chi connectivity index (χ3v) is 5.39. The first kappa shape index (κ1) is 15.7. The minimum Gasteiger partial charge on any atom is -0.263 e. The number of fused-ring (bicyclic) bond motifs is 1. The number of aliphatic imine (C=N–C) groups is 1. The Hall–Kier alpha value is -2.49. The van der Waals surface area contributed by atoms with Crippen molar-refractivity contribution in [1.82, 2.24) is 4.90 Å². The van der Waals surface area contributed by atoms with Crippen LogP contribution in [0, 0.1) is 5.82 Å². The number of rotatable bonds is 3. The molecule has 3 aromatic carbocycles. The molecular weight excluding hydrogens is 347 g/mol. The molecule has 0 bridgehead atoms. The number of nitrogens with zero attached hydrogens (tertiary/aromatic N) is 2. The molecule has 0 amide bonds. The number of halogens is 2. The number of hydrogen-bond acceptors (Lipinski definition) is 2. The van der Waals surface area contributed by atoms with Gasteiger partial charge in [-0.25, -0.2) is 4.39 Å². The second kappa shape index (κ2) is 6.04. The van der Waals surface area contributed by atoms with Gasteiger partial charge in [0.25, 0.3) is 0 Å². The molecule has 2 aliphatic heterocycles. The van der Waals surface area contributed by atoms with Crippen LogP contribution in [-0.4, -0.2) is 16.7 Å². The predicted molar refractivity (Wildman–Crippen MR) is 102 cm³/mol. The van der Waals surface area contributed by atoms with Crippen molar-refractivity contribution >= 4 is 17.3 Å². The molecule has 0 spiro atoms. The maximum absolute atomic E-state index is 14.4. The Morgan fingerprint density at radius 3 is 2.23 bits per heavy atom. The van der Waals surface area contributed by atoms with E-state index < -0.39 is 0 Å². The molecule has 0 N–H and O–H groups in total. The van der Waals surface area contributed by atoms with Gasteiger partial charge in [0.1, 0.15) is 12.0 Å². The van der Waals surface area contributed by atoms with Crippen LogP contribution in [0.1, 0.15) is 28.9 Å². The van der Waals surface area contributed by atoms with Crippen molar-refractivity contribution in [2.75, 3.05) is 0 Å². The molecule has 1 saturated heterocycles. The maximum Gasteiger partial charge on any atom is 0.132 e. The lowest BCUT2D eigenvalue weighted by atomic mass is 10.0. The molecule has 128 valence electrons. The van der Waals surface area contributed by atoms with Gasteiger partial charge < -0.3 is 0 Å². The summed E-state index contributed by atoms with van der Waals surface area (Å²) >= 11 is 6.04. The van der Waals surface area contributed by atoms with E-state index in [1.165, 1.54) is 11.6 Å². The second-order valence-electron chi connectivity index (χ2n) is 6.66. The van der Waals surface area contributed by atoms with E-state index in [2.05, 4.69) is 17.0 Å². The number of benzene rings is 3. The van der Waals surface area contributed by atoms with Gasteiger partial charge in [-0.1, -0.05) is 72.3 Å². The first-order chi connectivity index (χ1) is 12.7. The Labute approximate surface area is 156 Å². The van der Waals surface area contributed by atoms with E-state index in [1.54, 1.807) is 6.07 Å². The molecule has 26 heavy (non-hydrogen) atoms. The van der Waals surface area contributed by atoms with Gasteiger partial charge in [0.2, 0.25) is 0 Å². The molecule has 0 saturated carbocycles. The van der Waals surface area contributed by atoms with E-state index in [4.69, 9.17) is 16.6 Å². The van der Waals surface area contributed by atoms with Crippen molar-refractivity contribution in [3.63, 3.8) is 0 Å². The Kier molecular flexibility index (Phi) is 3.66. The molecule has 0 aromatic heterocycles. The van der Waals surface area contributed by atoms with Crippen LogP contribution in [0.4, 0.5) is 4.39 Å². The van der Waals surface area contributed by atoms with E-state index in [0.29, 0.717) is 5.56 Å². The van der Waals surface area contributed by atoms with Gasteiger partial charge in [-0.15, -0.1) is 0 Å². The van der Waals surface area contributed by atoms with Gasteiger partial charge in [0.05, 0.1) is 17.8 Å². The van der Waals surface area contributed by atoms with Gasteiger partial charge in [-0.05, 0) is 29.3 Å². The Morgan fingerprint density at radius 2 is 1.50 bits per heavy atom. The highest BCUT2D eigenvalue weighted by molar-refractivity contribution is 6.30. The third-order valence-electron chi connectivity index (χ3n) is 5.14. The highest BCUT2D eigenvalue weighted by Gasteiger charge is 2.59. The summed E-state index contributed by atoms with van der Waals surface area (Å²) in [6, 6.07) is 25.3. The van der Waals surface area contributed by atoms with Crippen LogP contribution in [-0.2, 0) is 0 Å². The normalized spacial score (nSPS) is 26.3. The SMILES string of the molecule is Fc1ccccc1C1N=C(c2ccccc2)C2C(c3ccc(Cl)cc3)N12. The summed E-state index contributed by atoms with van der Waals surface area (Å²) < 4.78 is 14.4. The van der Waals surface area contributed by atoms with E-state index in [9.17, 15) is 4.39 Å². The lowest BCUT2D eigenvalue weighted by Crippen LogP contribution is -2.09. The minimum absolute atomic E-state index is 0.170. The molecule has 2 heterocycles. The summed E-state index contributed by atoms with van der Waals surface area (Å²) in [5.74, 6) is -0.212. The molecule has 0 radical (unpaired) electrons. The van der Waals surface area contributed by atoms with Crippen LogP contribution in [0.3, 0.4) is 0 Å². The van der Waals surface area contributed by atoms with Crippen molar-refractivity contribution in [3.05, 3.63) is 106 Å². The smallest absolute Gasteiger partial charge is 0.132 e. The van der Waals surface area contributed by atoms with Gasteiger partial charge >= 0.3 is 0 Å². The van der Waals surface area contributed by atoms with E-state index in [-0.39, 0.29) is 24.1 Å². The average molecular weight is 363 g/mol. The zero-order valence-electron chi connectivity index (χ0n) is 13.9. The Bertz CT molecular complexity index is 985. The molecule has 2 nitrogen and oxygen atoms in total. The van der Waals surface area contributed by atoms with Crippen molar-refractivity contribution in [2.24, 2.45) is 4.99 Å². The van der Waals surface area contributed by atoms with E-state index in [0.717, 1.165) is 16.3 Å². The molecule has 1 fully saturated rings. The molecule has 4 unspecified atom stereocenters. The zero-order valence-corrected chi connectivity index (χ0v) is 14.6. The van der Waals surface area contributed by atoms with E-state index >= 15 is 0 Å². The molecule has 4 heteroatoms. The third kappa shape index (κ3) is 2.47. The fourth-order valence-corrected chi connectivity index (χ4v) is 4.03. The van der Waals surface area contributed by atoms with Crippen LogP contribution in [0.2, 0.25) is 5.02 Å². The van der Waals surface area contributed by atoms with Crippen LogP contribution in [0.25, 0.3) is 0 Å². The maximum atomic E-state index is 14.4. The van der Waals surface area contributed by atoms with Gasteiger partial charge in [-0.3, -0.25) is 9.89 Å². The zero-order chi connectivity index (χ0) is 17.7. The summed E-state index contributed by atoms with van der Waals surface area (Å²) in [4.78, 5) is 7.16. The van der Waals surface area contributed by atoms with Gasteiger partial charge in [0.15, 0.2) is 0 Å². The molecular formula is C22H16ClFN2. The van der Waals surface area contributed by atoms with Gasteiger partial charge in [0, 0.05) is 10.6 Å². The van der Waals surface area contributed by atoms with Crippen LogP contribution >= 0.6 is 11.6 Å². The largest absolute Gasteiger partial charge is 0.263 e. The Morgan fingerprint density at radius 1 is 0.808 bits per heavy atom. The lowest BCUT2D eigenvalue weighted by molar-refractivity contribution is 0.390. The highest BCUT2D eigenvalue weighted by Crippen LogP contribution is 2.56. The summed E-state index contributed by atoms with van der Waals surface area (Å²) in [5.41, 5.74) is 3.93. The fourth-order valence-electron chi connectivity index (χ4n) is 3.90. The minimum atomic E-state index is -0.294. The first-order valence-corrected chi connectivity index (χ1v) is 9.02. The molecule has 5 rings (SSSR count). The molecule has 4 atom stereocenters. The standard InChI is InChI=1S/C22H16ClFN2/c23-16-12-10-15(11-13-16)20-21-19(14-6-2-1-3-7-14)25-22(26(20)21)17-8-4-5-9-18(17)24/h1-13,20-22H. The predicted octanol–water partition coefficient (Wildman–Crippen LogP) is 5.41. The quantitative estimate of drug-likeness (QED) is 0.569. The van der Waals surface area contributed by atoms with Gasteiger partial charge in [-0.2, -0.15) is 0 Å².